The number of para-hydroxylation sites is 3. The van der Waals surface area contributed by atoms with Crippen LogP contribution in [0.3, 0.4) is 0 Å². The van der Waals surface area contributed by atoms with Gasteiger partial charge in [0.25, 0.3) is 0 Å². The SMILES string of the molecule is CC(Cl)(Cl)C(=NP(=S)(Nc1ccccc1)Nc1ccccc1)Nc1ccccc1. The average Bonchev–Trinajstić information content (AvgIpc) is 2.69. The number of anilines is 3. The summed E-state index contributed by atoms with van der Waals surface area (Å²) in [7, 11) is 0. The van der Waals surface area contributed by atoms with Gasteiger partial charge in [-0.2, -0.15) is 4.76 Å². The number of alkyl halides is 2. The molecule has 0 aliphatic heterocycles. The molecule has 3 rings (SSSR count). The van der Waals surface area contributed by atoms with Crippen LogP contribution in [0.2, 0.25) is 0 Å². The summed E-state index contributed by atoms with van der Waals surface area (Å²) >= 11 is 18.9. The molecule has 0 radical (unpaired) electrons. The lowest BCUT2D eigenvalue weighted by molar-refractivity contribution is 1.17. The number of nitrogens with zero attached hydrogens (tertiary/aromatic N) is 1. The Balaban J connectivity index is 2.00. The molecule has 0 spiro atoms. The largest absolute Gasteiger partial charge is 0.341 e. The third-order valence-electron chi connectivity index (χ3n) is 3.80. The Morgan fingerprint density at radius 2 is 1.14 bits per heavy atom. The number of hydrogen-bond donors (Lipinski definition) is 3. The van der Waals surface area contributed by atoms with Crippen LogP contribution in [0.1, 0.15) is 6.92 Å². The smallest absolute Gasteiger partial charge is 0.234 e. The van der Waals surface area contributed by atoms with E-state index >= 15 is 0 Å². The normalized spacial score (nSPS) is 12.3. The van der Waals surface area contributed by atoms with E-state index in [-0.39, 0.29) is 0 Å². The molecule has 0 amide bonds. The molecule has 29 heavy (non-hydrogen) atoms. The topological polar surface area (TPSA) is 48.5 Å². The van der Waals surface area contributed by atoms with Gasteiger partial charge in [0, 0.05) is 17.1 Å². The van der Waals surface area contributed by atoms with Gasteiger partial charge in [0.05, 0.1) is 0 Å². The number of amidine groups is 1. The van der Waals surface area contributed by atoms with Crippen molar-refractivity contribution in [1.29, 1.82) is 0 Å². The zero-order chi connectivity index (χ0) is 20.7. The van der Waals surface area contributed by atoms with E-state index in [1.165, 1.54) is 0 Å². The average molecular weight is 463 g/mol. The van der Waals surface area contributed by atoms with E-state index in [9.17, 15) is 0 Å². The Hall–Kier alpha value is -2.04. The van der Waals surface area contributed by atoms with Crippen molar-refractivity contribution >= 4 is 64.4 Å². The van der Waals surface area contributed by atoms with Crippen molar-refractivity contribution < 1.29 is 0 Å². The van der Waals surface area contributed by atoms with Crippen LogP contribution in [0.5, 0.6) is 0 Å². The maximum atomic E-state index is 6.45. The van der Waals surface area contributed by atoms with Crippen molar-refractivity contribution in [3.8, 4) is 0 Å². The van der Waals surface area contributed by atoms with Crippen molar-refractivity contribution in [2.75, 3.05) is 15.5 Å². The summed E-state index contributed by atoms with van der Waals surface area (Å²) in [6.45, 7) is -1.10. The Morgan fingerprint density at radius 1 is 0.759 bits per heavy atom. The van der Waals surface area contributed by atoms with Crippen molar-refractivity contribution in [2.45, 2.75) is 11.3 Å². The van der Waals surface area contributed by atoms with Crippen molar-refractivity contribution in [2.24, 2.45) is 4.76 Å². The van der Waals surface area contributed by atoms with Crippen LogP contribution < -0.4 is 15.5 Å². The predicted octanol–water partition coefficient (Wildman–Crippen LogP) is 7.14. The fourth-order valence-corrected chi connectivity index (χ4v) is 5.33. The predicted molar refractivity (Wildman–Crippen MR) is 132 cm³/mol. The fraction of sp³-hybridized carbons (Fsp3) is 0.0952. The molecule has 0 heterocycles. The van der Waals surface area contributed by atoms with Crippen LogP contribution in [0.25, 0.3) is 0 Å². The minimum Gasteiger partial charge on any atom is -0.341 e. The molecule has 0 aliphatic rings. The van der Waals surface area contributed by atoms with Gasteiger partial charge in [-0.15, -0.1) is 0 Å². The van der Waals surface area contributed by atoms with Crippen LogP contribution in [0, 0.1) is 0 Å². The van der Waals surface area contributed by atoms with Gasteiger partial charge >= 0.3 is 0 Å². The van der Waals surface area contributed by atoms with Crippen molar-refractivity contribution in [3.63, 3.8) is 0 Å². The summed E-state index contributed by atoms with van der Waals surface area (Å²) in [5.74, 6) is 0.363. The zero-order valence-electron chi connectivity index (χ0n) is 15.7. The number of rotatable bonds is 7. The lowest BCUT2D eigenvalue weighted by atomic mass is 10.3. The summed E-state index contributed by atoms with van der Waals surface area (Å²) in [5, 5.41) is 9.94. The first-order valence-corrected chi connectivity index (χ1v) is 12.4. The van der Waals surface area contributed by atoms with Gasteiger partial charge in [0.2, 0.25) is 6.49 Å². The maximum Gasteiger partial charge on any atom is 0.234 e. The number of benzene rings is 3. The van der Waals surface area contributed by atoms with Crippen LogP contribution in [0.4, 0.5) is 17.1 Å². The molecular weight excluding hydrogens is 442 g/mol. The molecule has 3 aromatic rings. The highest BCUT2D eigenvalue weighted by atomic mass is 35.5. The number of hydrogen-bond acceptors (Lipinski definition) is 1. The van der Waals surface area contributed by atoms with Crippen LogP contribution in [-0.2, 0) is 11.8 Å². The lowest BCUT2D eigenvalue weighted by Gasteiger charge is -2.26. The molecular formula is C21H21Cl2N4PS. The highest BCUT2D eigenvalue weighted by Gasteiger charge is 2.29. The van der Waals surface area contributed by atoms with Gasteiger partial charge in [0.15, 0.2) is 4.33 Å². The van der Waals surface area contributed by atoms with E-state index in [1.54, 1.807) is 6.92 Å². The number of nitrogens with one attached hydrogen (secondary N) is 3. The van der Waals surface area contributed by atoms with Gasteiger partial charge in [-0.25, -0.2) is 0 Å². The Bertz CT molecular complexity index is 948. The molecule has 3 N–H and O–H groups in total. The molecule has 0 aliphatic carbocycles. The highest BCUT2D eigenvalue weighted by Crippen LogP contribution is 2.48. The molecule has 0 saturated carbocycles. The maximum absolute atomic E-state index is 6.45. The monoisotopic (exact) mass is 462 g/mol. The Kier molecular flexibility index (Phi) is 7.20. The second-order valence-corrected chi connectivity index (χ2v) is 11.4. The summed E-state index contributed by atoms with van der Waals surface area (Å²) in [6.07, 6.45) is 0. The quantitative estimate of drug-likeness (QED) is 0.151. The number of halogens is 2. The van der Waals surface area contributed by atoms with E-state index in [2.05, 4.69) is 15.5 Å². The van der Waals surface area contributed by atoms with E-state index in [0.29, 0.717) is 5.84 Å². The van der Waals surface area contributed by atoms with E-state index in [1.807, 2.05) is 91.0 Å². The minimum atomic E-state index is -2.76. The second kappa shape index (κ2) is 9.64. The molecule has 0 aromatic heterocycles. The molecule has 0 unspecified atom stereocenters. The highest BCUT2D eigenvalue weighted by molar-refractivity contribution is 8.15. The summed E-state index contributed by atoms with van der Waals surface area (Å²) in [5.41, 5.74) is 2.53. The summed E-state index contributed by atoms with van der Waals surface area (Å²) in [4.78, 5) is 0. The first-order valence-electron chi connectivity index (χ1n) is 8.91. The standard InChI is InChI=1S/C21H21Cl2N4PS/c1-21(22,23)20(24-17-11-5-2-6-12-17)27-28(29,25-18-13-7-3-8-14-18)26-19-15-9-4-10-16-19/h2-16H,1H3,(H3,24,25,26,27,29). The van der Waals surface area contributed by atoms with Crippen LogP contribution >= 0.6 is 29.7 Å². The van der Waals surface area contributed by atoms with Crippen LogP contribution in [0.15, 0.2) is 95.8 Å². The molecule has 8 heteroatoms. The van der Waals surface area contributed by atoms with Gasteiger partial charge in [-0.1, -0.05) is 77.8 Å². The molecule has 0 bridgehead atoms. The molecule has 3 aromatic carbocycles. The summed E-state index contributed by atoms with van der Waals surface area (Å²) < 4.78 is 3.54. The van der Waals surface area contributed by atoms with Gasteiger partial charge in [0.1, 0.15) is 5.84 Å². The first kappa shape index (κ1) is 21.7. The fourth-order valence-electron chi connectivity index (χ4n) is 2.47. The lowest BCUT2D eigenvalue weighted by Crippen LogP contribution is -2.30. The van der Waals surface area contributed by atoms with Crippen molar-refractivity contribution in [3.05, 3.63) is 91.0 Å². The third-order valence-corrected chi connectivity index (χ3v) is 6.56. The molecule has 0 atom stereocenters. The van der Waals surface area contributed by atoms with Gasteiger partial charge in [-0.05, 0) is 55.1 Å². The molecule has 150 valence electrons. The molecule has 0 saturated heterocycles. The van der Waals surface area contributed by atoms with E-state index in [4.69, 9.17) is 39.8 Å². The molecule has 0 fully saturated rings. The van der Waals surface area contributed by atoms with Gasteiger partial charge < -0.3 is 15.5 Å². The second-order valence-electron chi connectivity index (χ2n) is 6.36. The van der Waals surface area contributed by atoms with Gasteiger partial charge in [-0.3, -0.25) is 0 Å². The van der Waals surface area contributed by atoms with Crippen molar-refractivity contribution in [1.82, 2.24) is 0 Å². The zero-order valence-corrected chi connectivity index (χ0v) is 18.9. The summed E-state index contributed by atoms with van der Waals surface area (Å²) in [6, 6.07) is 29.0. The first-order chi connectivity index (χ1) is 13.8. The Labute approximate surface area is 186 Å². The molecule has 4 nitrogen and oxygen atoms in total. The van der Waals surface area contributed by atoms with E-state index < -0.39 is 10.8 Å². The third kappa shape index (κ3) is 6.76. The van der Waals surface area contributed by atoms with E-state index in [0.717, 1.165) is 17.1 Å². The minimum absolute atomic E-state index is 0.363. The Morgan fingerprint density at radius 3 is 1.52 bits per heavy atom. The van der Waals surface area contributed by atoms with Crippen LogP contribution in [-0.4, -0.2) is 10.2 Å².